The molecule has 106 valence electrons. The highest BCUT2D eigenvalue weighted by Crippen LogP contribution is 2.34. The van der Waals surface area contributed by atoms with Gasteiger partial charge < -0.3 is 20.9 Å². The Hall–Kier alpha value is -2.04. The first-order valence-corrected chi connectivity index (χ1v) is 6.46. The maximum absolute atomic E-state index is 6.31. The van der Waals surface area contributed by atoms with E-state index in [2.05, 4.69) is 0 Å². The molecular formula is C16H20N2O2. The van der Waals surface area contributed by atoms with Crippen LogP contribution in [-0.2, 0) is 0 Å². The minimum Gasteiger partial charge on any atom is -0.496 e. The van der Waals surface area contributed by atoms with Crippen molar-refractivity contribution in [2.45, 2.75) is 12.1 Å². The number of benzene rings is 2. The lowest BCUT2D eigenvalue weighted by molar-refractivity contribution is 0.391. The summed E-state index contributed by atoms with van der Waals surface area (Å²) >= 11 is 0. The lowest BCUT2D eigenvalue weighted by atomic mass is 9.93. The van der Waals surface area contributed by atoms with Crippen molar-refractivity contribution in [1.29, 1.82) is 0 Å². The van der Waals surface area contributed by atoms with Crippen LogP contribution in [-0.4, -0.2) is 14.2 Å². The number of rotatable bonds is 5. The van der Waals surface area contributed by atoms with Crippen LogP contribution in [0.2, 0.25) is 0 Å². The Morgan fingerprint density at radius 2 is 1.05 bits per heavy atom. The molecule has 2 aromatic rings. The van der Waals surface area contributed by atoms with Crippen molar-refractivity contribution in [3.05, 3.63) is 59.7 Å². The summed E-state index contributed by atoms with van der Waals surface area (Å²) in [7, 11) is 3.25. The average molecular weight is 272 g/mol. The number of ether oxygens (including phenoxy) is 2. The van der Waals surface area contributed by atoms with Gasteiger partial charge in [-0.15, -0.1) is 0 Å². The standard InChI is InChI=1S/C16H20N2O2/c1-19-13-9-5-3-7-11(13)15(17)16(18)12-8-4-6-10-14(12)20-2/h3-10,15-16H,17-18H2,1-2H3/t15-,16-/m1/s1. The second-order valence-electron chi connectivity index (χ2n) is 4.54. The van der Waals surface area contributed by atoms with Crippen molar-refractivity contribution in [2.24, 2.45) is 11.5 Å². The number of nitrogens with two attached hydrogens (primary N) is 2. The molecule has 0 saturated carbocycles. The van der Waals surface area contributed by atoms with Gasteiger partial charge in [-0.2, -0.15) is 0 Å². The SMILES string of the molecule is COc1ccccc1[C@@H](N)[C@H](N)c1ccccc1OC. The largest absolute Gasteiger partial charge is 0.496 e. The zero-order valence-corrected chi connectivity index (χ0v) is 11.7. The lowest BCUT2D eigenvalue weighted by Crippen LogP contribution is -2.27. The first-order chi connectivity index (χ1) is 9.69. The maximum atomic E-state index is 6.31. The van der Waals surface area contributed by atoms with E-state index < -0.39 is 0 Å². The zero-order chi connectivity index (χ0) is 14.5. The molecule has 4 nitrogen and oxygen atoms in total. The molecule has 0 saturated heterocycles. The zero-order valence-electron chi connectivity index (χ0n) is 11.7. The summed E-state index contributed by atoms with van der Waals surface area (Å²) in [5.74, 6) is 1.48. The maximum Gasteiger partial charge on any atom is 0.123 e. The van der Waals surface area contributed by atoms with Crippen molar-refractivity contribution in [3.8, 4) is 11.5 Å². The van der Waals surface area contributed by atoms with Crippen LogP contribution in [0.1, 0.15) is 23.2 Å². The molecule has 0 amide bonds. The molecule has 0 fully saturated rings. The molecule has 4 N–H and O–H groups in total. The van der Waals surface area contributed by atoms with Crippen LogP contribution in [0.15, 0.2) is 48.5 Å². The molecule has 2 aromatic carbocycles. The molecule has 20 heavy (non-hydrogen) atoms. The molecule has 0 radical (unpaired) electrons. The van der Waals surface area contributed by atoms with E-state index in [0.717, 1.165) is 22.6 Å². The van der Waals surface area contributed by atoms with Crippen LogP contribution in [0, 0.1) is 0 Å². The molecule has 0 spiro atoms. The molecule has 0 heterocycles. The first kappa shape index (κ1) is 14.4. The monoisotopic (exact) mass is 272 g/mol. The molecule has 0 bridgehead atoms. The van der Waals surface area contributed by atoms with Gasteiger partial charge in [0, 0.05) is 11.1 Å². The summed E-state index contributed by atoms with van der Waals surface area (Å²) < 4.78 is 10.7. The quantitative estimate of drug-likeness (QED) is 0.877. The van der Waals surface area contributed by atoms with Crippen molar-refractivity contribution < 1.29 is 9.47 Å². The molecule has 2 rings (SSSR count). The molecule has 0 aromatic heterocycles. The summed E-state index contributed by atoms with van der Waals surface area (Å²) in [6.45, 7) is 0. The molecule has 0 unspecified atom stereocenters. The number of hydrogen-bond acceptors (Lipinski definition) is 4. The minimum absolute atomic E-state index is 0.373. The van der Waals surface area contributed by atoms with Crippen molar-refractivity contribution in [3.63, 3.8) is 0 Å². The third-order valence-corrected chi connectivity index (χ3v) is 3.38. The van der Waals surface area contributed by atoms with Gasteiger partial charge in [0.1, 0.15) is 11.5 Å². The van der Waals surface area contributed by atoms with Crippen LogP contribution >= 0.6 is 0 Å². The summed E-state index contributed by atoms with van der Waals surface area (Å²) in [6.07, 6.45) is 0. The fourth-order valence-electron chi connectivity index (χ4n) is 2.27. The molecule has 0 aliphatic heterocycles. The van der Waals surface area contributed by atoms with E-state index in [4.69, 9.17) is 20.9 Å². The number of para-hydroxylation sites is 2. The summed E-state index contributed by atoms with van der Waals surface area (Å²) in [6, 6.07) is 14.5. The van der Waals surface area contributed by atoms with Gasteiger partial charge in [0.2, 0.25) is 0 Å². The molecule has 0 aliphatic rings. The van der Waals surface area contributed by atoms with E-state index in [-0.39, 0.29) is 12.1 Å². The first-order valence-electron chi connectivity index (χ1n) is 6.46. The molecule has 4 heteroatoms. The Balaban J connectivity index is 2.35. The average Bonchev–Trinajstić information content (AvgIpc) is 2.53. The molecule has 0 aliphatic carbocycles. The predicted octanol–water partition coefficient (Wildman–Crippen LogP) is 2.40. The Morgan fingerprint density at radius 1 is 0.700 bits per heavy atom. The third-order valence-electron chi connectivity index (χ3n) is 3.38. The normalized spacial score (nSPS) is 13.6. The van der Waals surface area contributed by atoms with Gasteiger partial charge in [0.15, 0.2) is 0 Å². The van der Waals surface area contributed by atoms with Crippen LogP contribution in [0.5, 0.6) is 11.5 Å². The lowest BCUT2D eigenvalue weighted by Gasteiger charge is -2.23. The van der Waals surface area contributed by atoms with Crippen molar-refractivity contribution >= 4 is 0 Å². The van der Waals surface area contributed by atoms with Gasteiger partial charge in [-0.05, 0) is 12.1 Å². The van der Waals surface area contributed by atoms with E-state index in [9.17, 15) is 0 Å². The molecule has 2 atom stereocenters. The Kier molecular flexibility index (Phi) is 4.61. The van der Waals surface area contributed by atoms with E-state index in [1.165, 1.54) is 0 Å². The van der Waals surface area contributed by atoms with Crippen molar-refractivity contribution in [2.75, 3.05) is 14.2 Å². The third kappa shape index (κ3) is 2.76. The van der Waals surface area contributed by atoms with E-state index in [0.29, 0.717) is 0 Å². The highest BCUT2D eigenvalue weighted by Gasteiger charge is 2.22. The Morgan fingerprint density at radius 3 is 1.40 bits per heavy atom. The minimum atomic E-state index is -0.373. The highest BCUT2D eigenvalue weighted by molar-refractivity contribution is 5.41. The Bertz CT molecular complexity index is 520. The molecular weight excluding hydrogens is 252 g/mol. The van der Waals surface area contributed by atoms with Gasteiger partial charge in [-0.25, -0.2) is 0 Å². The van der Waals surface area contributed by atoms with Crippen molar-refractivity contribution in [1.82, 2.24) is 0 Å². The van der Waals surface area contributed by atoms with Crippen LogP contribution in [0.25, 0.3) is 0 Å². The Labute approximate surface area is 119 Å². The van der Waals surface area contributed by atoms with E-state index >= 15 is 0 Å². The fourth-order valence-corrected chi connectivity index (χ4v) is 2.27. The summed E-state index contributed by atoms with van der Waals surface area (Å²) in [5.41, 5.74) is 14.4. The smallest absolute Gasteiger partial charge is 0.123 e. The van der Waals surface area contributed by atoms with Gasteiger partial charge in [0.05, 0.1) is 26.3 Å². The topological polar surface area (TPSA) is 70.5 Å². The summed E-state index contributed by atoms with van der Waals surface area (Å²) in [4.78, 5) is 0. The van der Waals surface area contributed by atoms with Gasteiger partial charge in [-0.1, -0.05) is 36.4 Å². The van der Waals surface area contributed by atoms with Gasteiger partial charge in [0.25, 0.3) is 0 Å². The van der Waals surface area contributed by atoms with Crippen LogP contribution < -0.4 is 20.9 Å². The number of hydrogen-bond donors (Lipinski definition) is 2. The fraction of sp³-hybridized carbons (Fsp3) is 0.250. The van der Waals surface area contributed by atoms with Gasteiger partial charge >= 0.3 is 0 Å². The predicted molar refractivity (Wildman–Crippen MR) is 79.8 cm³/mol. The van der Waals surface area contributed by atoms with E-state index in [1.807, 2.05) is 48.5 Å². The second kappa shape index (κ2) is 6.41. The summed E-state index contributed by atoms with van der Waals surface area (Å²) in [5, 5.41) is 0. The van der Waals surface area contributed by atoms with E-state index in [1.54, 1.807) is 14.2 Å². The van der Waals surface area contributed by atoms with Crippen LogP contribution in [0.4, 0.5) is 0 Å². The van der Waals surface area contributed by atoms with Crippen LogP contribution in [0.3, 0.4) is 0 Å². The van der Waals surface area contributed by atoms with Gasteiger partial charge in [-0.3, -0.25) is 0 Å². The highest BCUT2D eigenvalue weighted by atomic mass is 16.5. The number of methoxy groups -OCH3 is 2. The second-order valence-corrected chi connectivity index (χ2v) is 4.54.